The van der Waals surface area contributed by atoms with Gasteiger partial charge in [-0.05, 0) is 56.2 Å². The Balaban J connectivity index is 1.66. The van der Waals surface area contributed by atoms with Gasteiger partial charge in [0.15, 0.2) is 0 Å². The summed E-state index contributed by atoms with van der Waals surface area (Å²) in [6.07, 6.45) is 1.52. The Hall–Kier alpha value is -2.89. The summed E-state index contributed by atoms with van der Waals surface area (Å²) in [6, 6.07) is 15.0. The number of para-hydroxylation sites is 1. The number of rotatable bonds is 4. The van der Waals surface area contributed by atoms with Crippen molar-refractivity contribution in [3.05, 3.63) is 60.4 Å². The third-order valence-electron chi connectivity index (χ3n) is 4.80. The molecule has 5 nitrogen and oxygen atoms in total. The highest BCUT2D eigenvalue weighted by molar-refractivity contribution is 5.96. The van der Waals surface area contributed by atoms with Crippen molar-refractivity contribution in [3.63, 3.8) is 0 Å². The monoisotopic (exact) mass is 369 g/mol. The van der Waals surface area contributed by atoms with Gasteiger partial charge in [-0.3, -0.25) is 4.79 Å². The molecule has 2 aromatic carbocycles. The Morgan fingerprint density at radius 2 is 1.85 bits per heavy atom. The Kier molecular flexibility index (Phi) is 6.06. The molecule has 1 aliphatic heterocycles. The number of hydrogen-bond acceptors (Lipinski definition) is 2. The van der Waals surface area contributed by atoms with Crippen LogP contribution in [0.4, 0.5) is 20.6 Å². The number of halogens is 1. The first-order valence-corrected chi connectivity index (χ1v) is 9.26. The molecule has 1 N–H and O–H groups in total. The van der Waals surface area contributed by atoms with Crippen LogP contribution < -0.4 is 10.2 Å². The van der Waals surface area contributed by atoms with E-state index in [0.717, 1.165) is 18.5 Å². The minimum atomic E-state index is -0.330. The highest BCUT2D eigenvalue weighted by Gasteiger charge is 2.31. The molecule has 0 aliphatic carbocycles. The van der Waals surface area contributed by atoms with Crippen LogP contribution in [0.1, 0.15) is 19.8 Å². The molecule has 27 heavy (non-hydrogen) atoms. The SMILES string of the molecule is CCN(C(=O)C1CCCN(C(=O)Nc2ccccc2)C1)c1ccc(F)cc1. The van der Waals surface area contributed by atoms with Crippen molar-refractivity contribution in [2.24, 2.45) is 5.92 Å². The number of nitrogens with zero attached hydrogens (tertiary/aromatic N) is 2. The minimum Gasteiger partial charge on any atom is -0.324 e. The number of anilines is 2. The van der Waals surface area contributed by atoms with Crippen LogP contribution in [-0.2, 0) is 4.79 Å². The molecule has 1 saturated heterocycles. The van der Waals surface area contributed by atoms with Crippen LogP contribution in [0.15, 0.2) is 54.6 Å². The van der Waals surface area contributed by atoms with Gasteiger partial charge in [0.1, 0.15) is 5.82 Å². The van der Waals surface area contributed by atoms with Gasteiger partial charge >= 0.3 is 6.03 Å². The van der Waals surface area contributed by atoms with Crippen LogP contribution in [0.25, 0.3) is 0 Å². The van der Waals surface area contributed by atoms with E-state index < -0.39 is 0 Å². The fourth-order valence-corrected chi connectivity index (χ4v) is 3.39. The summed E-state index contributed by atoms with van der Waals surface area (Å²) in [4.78, 5) is 28.9. The smallest absolute Gasteiger partial charge is 0.321 e. The second kappa shape index (κ2) is 8.66. The van der Waals surface area contributed by atoms with E-state index in [4.69, 9.17) is 0 Å². The van der Waals surface area contributed by atoms with E-state index in [1.54, 1.807) is 21.9 Å². The number of amides is 3. The zero-order valence-electron chi connectivity index (χ0n) is 15.4. The summed E-state index contributed by atoms with van der Waals surface area (Å²) in [7, 11) is 0. The molecule has 1 aliphatic rings. The molecular formula is C21H24FN3O2. The molecule has 142 valence electrons. The van der Waals surface area contributed by atoms with Crippen molar-refractivity contribution >= 4 is 23.3 Å². The molecule has 1 atom stereocenters. The van der Waals surface area contributed by atoms with Gasteiger partial charge < -0.3 is 15.1 Å². The highest BCUT2D eigenvalue weighted by atomic mass is 19.1. The standard InChI is InChI=1S/C21H24FN3O2/c1-2-25(19-12-10-17(22)11-13-19)20(26)16-7-6-14-24(15-16)21(27)23-18-8-4-3-5-9-18/h3-5,8-13,16H,2,6-7,14-15H2,1H3,(H,23,27). The molecule has 0 saturated carbocycles. The van der Waals surface area contributed by atoms with Crippen molar-refractivity contribution in [1.82, 2.24) is 4.90 Å². The summed E-state index contributed by atoms with van der Waals surface area (Å²) < 4.78 is 13.2. The molecule has 6 heteroatoms. The number of hydrogen-bond donors (Lipinski definition) is 1. The molecule has 1 unspecified atom stereocenters. The molecule has 0 aromatic heterocycles. The van der Waals surface area contributed by atoms with Crippen LogP contribution in [0.2, 0.25) is 0 Å². The van der Waals surface area contributed by atoms with Gasteiger partial charge in [-0.1, -0.05) is 18.2 Å². The predicted octanol–water partition coefficient (Wildman–Crippen LogP) is 4.12. The van der Waals surface area contributed by atoms with Gasteiger partial charge in [-0.25, -0.2) is 9.18 Å². The number of carbonyl (C=O) groups excluding carboxylic acids is 2. The zero-order chi connectivity index (χ0) is 19.2. The lowest BCUT2D eigenvalue weighted by molar-refractivity contribution is -0.123. The quantitative estimate of drug-likeness (QED) is 0.881. The number of urea groups is 1. The van der Waals surface area contributed by atoms with Gasteiger partial charge in [0.25, 0.3) is 0 Å². The third-order valence-corrected chi connectivity index (χ3v) is 4.80. The van der Waals surface area contributed by atoms with E-state index in [1.165, 1.54) is 12.1 Å². The zero-order valence-corrected chi connectivity index (χ0v) is 15.4. The molecule has 0 spiro atoms. The fraction of sp³-hybridized carbons (Fsp3) is 0.333. The lowest BCUT2D eigenvalue weighted by Crippen LogP contribution is -2.48. The average molecular weight is 369 g/mol. The Bertz CT molecular complexity index is 780. The normalized spacial score (nSPS) is 16.7. The maximum absolute atomic E-state index is 13.2. The van der Waals surface area contributed by atoms with Crippen molar-refractivity contribution in [3.8, 4) is 0 Å². The molecule has 0 radical (unpaired) electrons. The first-order valence-electron chi connectivity index (χ1n) is 9.26. The van der Waals surface area contributed by atoms with Crippen molar-refractivity contribution in [2.45, 2.75) is 19.8 Å². The molecule has 1 fully saturated rings. The molecule has 3 amide bonds. The molecule has 1 heterocycles. The fourth-order valence-electron chi connectivity index (χ4n) is 3.39. The number of likely N-dealkylation sites (tertiary alicyclic amines) is 1. The maximum atomic E-state index is 13.2. The summed E-state index contributed by atoms with van der Waals surface area (Å²) in [6.45, 7) is 3.40. The minimum absolute atomic E-state index is 0.0266. The van der Waals surface area contributed by atoms with E-state index in [0.29, 0.717) is 25.3 Å². The van der Waals surface area contributed by atoms with Crippen molar-refractivity contribution in [1.29, 1.82) is 0 Å². The van der Waals surface area contributed by atoms with Crippen LogP contribution in [0.5, 0.6) is 0 Å². The van der Waals surface area contributed by atoms with E-state index in [2.05, 4.69) is 5.32 Å². The topological polar surface area (TPSA) is 52.7 Å². The maximum Gasteiger partial charge on any atom is 0.321 e. The first kappa shape index (κ1) is 18.9. The van der Waals surface area contributed by atoms with E-state index >= 15 is 0 Å². The van der Waals surface area contributed by atoms with Crippen molar-refractivity contribution < 1.29 is 14.0 Å². The lowest BCUT2D eigenvalue weighted by atomic mass is 9.96. The summed E-state index contributed by atoms with van der Waals surface area (Å²) >= 11 is 0. The van der Waals surface area contributed by atoms with Crippen molar-refractivity contribution in [2.75, 3.05) is 29.9 Å². The second-order valence-corrected chi connectivity index (χ2v) is 6.64. The summed E-state index contributed by atoms with van der Waals surface area (Å²) in [5.74, 6) is -0.615. The number of carbonyl (C=O) groups is 2. The predicted molar refractivity (Wildman–Crippen MR) is 104 cm³/mol. The Labute approximate surface area is 158 Å². The van der Waals surface area contributed by atoms with Crippen LogP contribution in [0, 0.1) is 11.7 Å². The molecule has 2 aromatic rings. The highest BCUT2D eigenvalue weighted by Crippen LogP contribution is 2.23. The van der Waals surface area contributed by atoms with Gasteiger partial charge in [0.2, 0.25) is 5.91 Å². The number of benzene rings is 2. The van der Waals surface area contributed by atoms with Gasteiger partial charge in [-0.2, -0.15) is 0 Å². The molecule has 3 rings (SSSR count). The third kappa shape index (κ3) is 4.64. The Morgan fingerprint density at radius 3 is 2.52 bits per heavy atom. The van der Waals surface area contributed by atoms with E-state index in [9.17, 15) is 14.0 Å². The van der Waals surface area contributed by atoms with E-state index in [1.807, 2.05) is 37.3 Å². The average Bonchev–Trinajstić information content (AvgIpc) is 2.70. The Morgan fingerprint density at radius 1 is 1.15 bits per heavy atom. The lowest BCUT2D eigenvalue weighted by Gasteiger charge is -2.34. The molecule has 0 bridgehead atoms. The number of nitrogens with one attached hydrogen (secondary N) is 1. The largest absolute Gasteiger partial charge is 0.324 e. The number of piperidine rings is 1. The van der Waals surface area contributed by atoms with Gasteiger partial charge in [-0.15, -0.1) is 0 Å². The second-order valence-electron chi connectivity index (χ2n) is 6.64. The van der Waals surface area contributed by atoms with E-state index in [-0.39, 0.29) is 23.7 Å². The van der Waals surface area contributed by atoms with Gasteiger partial charge in [0, 0.05) is 31.0 Å². The summed E-state index contributed by atoms with van der Waals surface area (Å²) in [5, 5.41) is 2.87. The summed E-state index contributed by atoms with van der Waals surface area (Å²) in [5.41, 5.74) is 1.41. The van der Waals surface area contributed by atoms with Crippen LogP contribution >= 0.6 is 0 Å². The van der Waals surface area contributed by atoms with Gasteiger partial charge in [0.05, 0.1) is 5.92 Å². The first-order chi connectivity index (χ1) is 13.1. The molecular weight excluding hydrogens is 345 g/mol. The van der Waals surface area contributed by atoms with Crippen LogP contribution in [-0.4, -0.2) is 36.5 Å². The van der Waals surface area contributed by atoms with Crippen LogP contribution in [0.3, 0.4) is 0 Å².